The summed E-state index contributed by atoms with van der Waals surface area (Å²) in [4.78, 5) is 23.5. The summed E-state index contributed by atoms with van der Waals surface area (Å²) in [5.74, 6) is -0.0998. The summed E-state index contributed by atoms with van der Waals surface area (Å²) in [6.45, 7) is 0.665. The van der Waals surface area contributed by atoms with Gasteiger partial charge >= 0.3 is 5.76 Å². The Morgan fingerprint density at radius 3 is 3.00 bits per heavy atom. The highest BCUT2D eigenvalue weighted by molar-refractivity contribution is 5.81. The van der Waals surface area contributed by atoms with Gasteiger partial charge in [-0.1, -0.05) is 0 Å². The van der Waals surface area contributed by atoms with Gasteiger partial charge in [0.2, 0.25) is 5.91 Å². The summed E-state index contributed by atoms with van der Waals surface area (Å²) in [5, 5.41) is 2.82. The summed E-state index contributed by atoms with van der Waals surface area (Å²) < 4.78 is 6.38. The fourth-order valence-electron chi connectivity index (χ4n) is 2.01. The van der Waals surface area contributed by atoms with Crippen LogP contribution in [-0.2, 0) is 11.3 Å². The van der Waals surface area contributed by atoms with Gasteiger partial charge in [-0.25, -0.2) is 4.79 Å². The van der Waals surface area contributed by atoms with E-state index >= 15 is 0 Å². The molecule has 1 saturated carbocycles. The normalized spacial score (nSPS) is 14.7. The second-order valence-corrected chi connectivity index (χ2v) is 4.93. The molecule has 1 aromatic heterocycles. The molecule has 3 N–H and O–H groups in total. The molecular formula is C13H15N3O3. The minimum atomic E-state index is -0.540. The van der Waals surface area contributed by atoms with E-state index in [1.807, 2.05) is 0 Å². The number of aromatic nitrogens is 1. The number of benzene rings is 1. The number of anilines is 1. The third-order valence-corrected chi connectivity index (χ3v) is 3.28. The molecule has 1 fully saturated rings. The molecule has 100 valence electrons. The molecule has 6 nitrogen and oxygen atoms in total. The van der Waals surface area contributed by atoms with Crippen molar-refractivity contribution >= 4 is 22.7 Å². The van der Waals surface area contributed by atoms with Crippen LogP contribution >= 0.6 is 0 Å². The lowest BCUT2D eigenvalue weighted by Gasteiger charge is -2.04. The number of rotatable bonds is 4. The number of fused-ring (bicyclic) bond motifs is 1. The van der Waals surface area contributed by atoms with E-state index in [4.69, 9.17) is 10.2 Å². The first-order valence-electron chi connectivity index (χ1n) is 6.29. The Morgan fingerprint density at radius 1 is 1.47 bits per heavy atom. The van der Waals surface area contributed by atoms with E-state index in [2.05, 4.69) is 5.32 Å². The smallest absolute Gasteiger partial charge is 0.408 e. The maximum absolute atomic E-state index is 11.8. The number of oxazole rings is 1. The van der Waals surface area contributed by atoms with Gasteiger partial charge in [0.15, 0.2) is 5.58 Å². The van der Waals surface area contributed by atoms with Crippen molar-refractivity contribution in [2.45, 2.75) is 19.4 Å². The summed E-state index contributed by atoms with van der Waals surface area (Å²) >= 11 is 0. The van der Waals surface area contributed by atoms with Crippen LogP contribution in [0.1, 0.15) is 12.8 Å². The SMILES string of the molecule is Nc1ccc2c(c1)oc(=O)n2CC(=O)NCC1CC1. The van der Waals surface area contributed by atoms with Crippen molar-refractivity contribution in [3.8, 4) is 0 Å². The zero-order chi connectivity index (χ0) is 13.4. The number of carbonyl (C=O) groups excluding carboxylic acids is 1. The van der Waals surface area contributed by atoms with E-state index in [1.165, 1.54) is 17.4 Å². The fraction of sp³-hybridized carbons (Fsp3) is 0.385. The molecule has 3 rings (SSSR count). The Morgan fingerprint density at radius 2 is 2.26 bits per heavy atom. The van der Waals surface area contributed by atoms with Crippen LogP contribution in [0.15, 0.2) is 27.4 Å². The van der Waals surface area contributed by atoms with Crippen LogP contribution in [-0.4, -0.2) is 17.0 Å². The van der Waals surface area contributed by atoms with E-state index in [9.17, 15) is 9.59 Å². The first-order chi connectivity index (χ1) is 9.13. The molecular weight excluding hydrogens is 246 g/mol. The third-order valence-electron chi connectivity index (χ3n) is 3.28. The summed E-state index contributed by atoms with van der Waals surface area (Å²) in [6, 6.07) is 4.94. The number of carbonyl (C=O) groups is 1. The van der Waals surface area contributed by atoms with Gasteiger partial charge in [0.05, 0.1) is 5.52 Å². The molecule has 1 aliphatic rings. The Hall–Kier alpha value is -2.24. The van der Waals surface area contributed by atoms with Crippen molar-refractivity contribution in [1.82, 2.24) is 9.88 Å². The number of nitrogens with zero attached hydrogens (tertiary/aromatic N) is 1. The molecule has 0 bridgehead atoms. The van der Waals surface area contributed by atoms with Crippen molar-refractivity contribution in [3.63, 3.8) is 0 Å². The minimum Gasteiger partial charge on any atom is -0.408 e. The van der Waals surface area contributed by atoms with Gasteiger partial charge in [0.1, 0.15) is 6.54 Å². The molecule has 2 aromatic rings. The van der Waals surface area contributed by atoms with Gasteiger partial charge in [-0.15, -0.1) is 0 Å². The predicted octanol–water partition coefficient (Wildman–Crippen LogP) is 0.703. The van der Waals surface area contributed by atoms with E-state index in [0.29, 0.717) is 29.2 Å². The first-order valence-corrected chi connectivity index (χ1v) is 6.29. The maximum atomic E-state index is 11.8. The number of nitrogens with two attached hydrogens (primary N) is 1. The highest BCUT2D eigenvalue weighted by Crippen LogP contribution is 2.27. The standard InChI is InChI=1S/C13H15N3O3/c14-9-3-4-10-11(5-9)19-13(18)16(10)7-12(17)15-6-8-1-2-8/h3-5,8H,1-2,6-7,14H2,(H,15,17). The monoisotopic (exact) mass is 261 g/mol. The zero-order valence-electron chi connectivity index (χ0n) is 10.4. The van der Waals surface area contributed by atoms with Gasteiger partial charge in [-0.2, -0.15) is 0 Å². The summed E-state index contributed by atoms with van der Waals surface area (Å²) in [7, 11) is 0. The Bertz CT molecular complexity index is 682. The number of hydrogen-bond donors (Lipinski definition) is 2. The van der Waals surface area contributed by atoms with Gasteiger partial charge in [-0.3, -0.25) is 9.36 Å². The van der Waals surface area contributed by atoms with Crippen LogP contribution in [0.4, 0.5) is 5.69 Å². The molecule has 19 heavy (non-hydrogen) atoms. The van der Waals surface area contributed by atoms with E-state index in [-0.39, 0.29) is 12.5 Å². The van der Waals surface area contributed by atoms with Gasteiger partial charge in [-0.05, 0) is 30.9 Å². The average Bonchev–Trinajstić information content (AvgIpc) is 3.14. The molecule has 0 radical (unpaired) electrons. The van der Waals surface area contributed by atoms with Crippen LogP contribution < -0.4 is 16.8 Å². The molecule has 0 saturated heterocycles. The zero-order valence-corrected chi connectivity index (χ0v) is 10.4. The molecule has 0 unspecified atom stereocenters. The maximum Gasteiger partial charge on any atom is 0.420 e. The number of nitrogens with one attached hydrogen (secondary N) is 1. The van der Waals surface area contributed by atoms with Gasteiger partial charge < -0.3 is 15.5 Å². The highest BCUT2D eigenvalue weighted by atomic mass is 16.4. The van der Waals surface area contributed by atoms with Crippen LogP contribution in [0.25, 0.3) is 11.1 Å². The van der Waals surface area contributed by atoms with Crippen molar-refractivity contribution in [2.24, 2.45) is 5.92 Å². The Labute approximate surface area is 109 Å². The van der Waals surface area contributed by atoms with Gasteiger partial charge in [0.25, 0.3) is 0 Å². The van der Waals surface area contributed by atoms with E-state index in [1.54, 1.807) is 18.2 Å². The molecule has 0 aliphatic heterocycles. The number of hydrogen-bond acceptors (Lipinski definition) is 4. The molecule has 1 aromatic carbocycles. The topological polar surface area (TPSA) is 90.3 Å². The average molecular weight is 261 g/mol. The van der Waals surface area contributed by atoms with E-state index in [0.717, 1.165) is 0 Å². The van der Waals surface area contributed by atoms with Crippen molar-refractivity contribution in [1.29, 1.82) is 0 Å². The quantitative estimate of drug-likeness (QED) is 0.793. The second-order valence-electron chi connectivity index (χ2n) is 4.93. The lowest BCUT2D eigenvalue weighted by atomic mass is 10.3. The Balaban J connectivity index is 1.81. The number of amides is 1. The molecule has 1 heterocycles. The van der Waals surface area contributed by atoms with Crippen molar-refractivity contribution < 1.29 is 9.21 Å². The lowest BCUT2D eigenvalue weighted by molar-refractivity contribution is -0.121. The molecule has 0 spiro atoms. The third kappa shape index (κ3) is 2.47. The molecule has 1 amide bonds. The second kappa shape index (κ2) is 4.46. The van der Waals surface area contributed by atoms with Crippen molar-refractivity contribution in [3.05, 3.63) is 28.7 Å². The molecule has 0 atom stereocenters. The lowest BCUT2D eigenvalue weighted by Crippen LogP contribution is -2.32. The number of nitrogen functional groups attached to an aromatic ring is 1. The minimum absolute atomic E-state index is 0.0253. The highest BCUT2D eigenvalue weighted by Gasteiger charge is 2.22. The van der Waals surface area contributed by atoms with E-state index < -0.39 is 5.76 Å². The fourth-order valence-corrected chi connectivity index (χ4v) is 2.01. The summed E-state index contributed by atoms with van der Waals surface area (Å²) in [6.07, 6.45) is 2.35. The largest absolute Gasteiger partial charge is 0.420 e. The molecule has 1 aliphatic carbocycles. The Kier molecular flexibility index (Phi) is 2.77. The van der Waals surface area contributed by atoms with Gasteiger partial charge in [0, 0.05) is 18.3 Å². The first kappa shape index (κ1) is 11.8. The van der Waals surface area contributed by atoms with Crippen LogP contribution in [0, 0.1) is 5.92 Å². The summed E-state index contributed by atoms with van der Waals surface area (Å²) in [5.41, 5.74) is 7.13. The van der Waals surface area contributed by atoms with Crippen LogP contribution in [0.2, 0.25) is 0 Å². The van der Waals surface area contributed by atoms with Crippen LogP contribution in [0.3, 0.4) is 0 Å². The molecule has 6 heteroatoms. The van der Waals surface area contributed by atoms with Crippen LogP contribution in [0.5, 0.6) is 0 Å². The van der Waals surface area contributed by atoms with Crippen molar-refractivity contribution in [2.75, 3.05) is 12.3 Å². The predicted molar refractivity (Wildman–Crippen MR) is 70.6 cm³/mol.